The van der Waals surface area contributed by atoms with Crippen LogP contribution < -0.4 is 10.8 Å². The lowest BCUT2D eigenvalue weighted by atomic mass is 10.2. The van der Waals surface area contributed by atoms with Crippen LogP contribution in [0, 0.1) is 0 Å². The fourth-order valence-electron chi connectivity index (χ4n) is 2.15. The van der Waals surface area contributed by atoms with Gasteiger partial charge >= 0.3 is 0 Å². The second kappa shape index (κ2) is 8.39. The van der Waals surface area contributed by atoms with Gasteiger partial charge < -0.3 is 5.32 Å². The normalized spacial score (nSPS) is 19.2. The van der Waals surface area contributed by atoms with Crippen molar-refractivity contribution in [1.82, 2.24) is 20.1 Å². The third-order valence-corrected chi connectivity index (χ3v) is 5.19. The fourth-order valence-corrected chi connectivity index (χ4v) is 3.65. The van der Waals surface area contributed by atoms with Crippen molar-refractivity contribution in [2.24, 2.45) is 0 Å². The molecule has 2 heterocycles. The largest absolute Gasteiger partial charge is 0.303 e. The molecule has 0 bridgehead atoms. The Balaban J connectivity index is 0.00000242. The van der Waals surface area contributed by atoms with E-state index in [4.69, 9.17) is 5.21 Å². The fraction of sp³-hybridized carbons (Fsp3) is 0.500. The molecular formula is C12H19ClN4O4S. The lowest BCUT2D eigenvalue weighted by Crippen LogP contribution is -2.58. The molecule has 1 fully saturated rings. The Bertz CT molecular complexity index is 584. The number of hydrogen-bond acceptors (Lipinski definition) is 6. The number of sulfonamides is 1. The summed E-state index contributed by atoms with van der Waals surface area (Å²) in [5.41, 5.74) is 2.43. The number of piperazine rings is 1. The van der Waals surface area contributed by atoms with Gasteiger partial charge in [0.1, 0.15) is 6.04 Å². The summed E-state index contributed by atoms with van der Waals surface area (Å²) in [6.07, 6.45) is 3.63. The molecule has 1 aromatic rings. The molecule has 0 spiro atoms. The van der Waals surface area contributed by atoms with E-state index in [9.17, 15) is 13.2 Å². The van der Waals surface area contributed by atoms with Gasteiger partial charge in [0.05, 0.1) is 5.75 Å². The second-order valence-electron chi connectivity index (χ2n) is 4.76. The molecule has 8 nitrogen and oxygen atoms in total. The maximum absolute atomic E-state index is 12.3. The number of rotatable bonds is 5. The average molecular weight is 351 g/mol. The zero-order valence-electron chi connectivity index (χ0n) is 11.8. The van der Waals surface area contributed by atoms with E-state index in [1.165, 1.54) is 9.79 Å². The van der Waals surface area contributed by atoms with Crippen molar-refractivity contribution in [3.8, 4) is 0 Å². The van der Waals surface area contributed by atoms with Gasteiger partial charge in [-0.25, -0.2) is 13.9 Å². The summed E-state index contributed by atoms with van der Waals surface area (Å²) in [5.74, 6) is -0.658. The van der Waals surface area contributed by atoms with Crippen LogP contribution in [0.2, 0.25) is 0 Å². The number of hydrogen-bond donors (Lipinski definition) is 3. The van der Waals surface area contributed by atoms with Crippen LogP contribution in [0.25, 0.3) is 0 Å². The molecule has 124 valence electrons. The van der Waals surface area contributed by atoms with Crippen molar-refractivity contribution in [3.05, 3.63) is 30.1 Å². The smallest absolute Gasteiger partial charge is 0.261 e. The van der Waals surface area contributed by atoms with Crippen molar-refractivity contribution >= 4 is 28.3 Å². The first kappa shape index (κ1) is 18.8. The number of nitrogens with one attached hydrogen (secondary N) is 2. The summed E-state index contributed by atoms with van der Waals surface area (Å²) in [5, 5.41) is 11.5. The zero-order chi connectivity index (χ0) is 15.3. The van der Waals surface area contributed by atoms with E-state index < -0.39 is 22.0 Å². The molecule has 1 unspecified atom stereocenters. The first-order valence-corrected chi connectivity index (χ1v) is 8.18. The third-order valence-electron chi connectivity index (χ3n) is 3.36. The van der Waals surface area contributed by atoms with Gasteiger partial charge in [-0.15, -0.1) is 12.4 Å². The Kier molecular flexibility index (Phi) is 7.17. The average Bonchev–Trinajstić information content (AvgIpc) is 2.53. The van der Waals surface area contributed by atoms with Crippen LogP contribution >= 0.6 is 12.4 Å². The molecule has 0 aromatic carbocycles. The predicted octanol–water partition coefficient (Wildman–Crippen LogP) is -0.845. The quantitative estimate of drug-likeness (QED) is 0.471. The molecule has 3 N–H and O–H groups in total. The highest BCUT2D eigenvalue weighted by Crippen LogP contribution is 2.09. The monoisotopic (exact) mass is 350 g/mol. The molecule has 1 aromatic heterocycles. The Hall–Kier alpha value is -1.26. The number of pyridine rings is 1. The van der Waals surface area contributed by atoms with Crippen molar-refractivity contribution in [2.45, 2.75) is 12.5 Å². The maximum Gasteiger partial charge on any atom is 0.261 e. The van der Waals surface area contributed by atoms with Crippen molar-refractivity contribution < 1.29 is 18.4 Å². The summed E-state index contributed by atoms with van der Waals surface area (Å²) in [6.45, 7) is 0.700. The van der Waals surface area contributed by atoms with Gasteiger partial charge in [0, 0.05) is 32.0 Å². The highest BCUT2D eigenvalue weighted by Gasteiger charge is 2.31. The Morgan fingerprint density at radius 2 is 2.14 bits per heavy atom. The van der Waals surface area contributed by atoms with Crippen molar-refractivity contribution in [3.63, 3.8) is 0 Å². The lowest BCUT2D eigenvalue weighted by Gasteiger charge is -2.31. The van der Waals surface area contributed by atoms with Crippen LogP contribution in [0.3, 0.4) is 0 Å². The number of hydroxylamine groups is 1. The summed E-state index contributed by atoms with van der Waals surface area (Å²) >= 11 is 0. The molecule has 0 saturated carbocycles. The van der Waals surface area contributed by atoms with E-state index in [1.54, 1.807) is 24.5 Å². The molecule has 0 radical (unpaired) electrons. The first-order chi connectivity index (χ1) is 10.0. The van der Waals surface area contributed by atoms with E-state index in [0.29, 0.717) is 19.5 Å². The van der Waals surface area contributed by atoms with Gasteiger partial charge in [0.25, 0.3) is 5.91 Å². The van der Waals surface area contributed by atoms with E-state index in [0.717, 1.165) is 5.56 Å². The minimum absolute atomic E-state index is 0. The lowest BCUT2D eigenvalue weighted by molar-refractivity contribution is -0.132. The first-order valence-electron chi connectivity index (χ1n) is 6.57. The van der Waals surface area contributed by atoms with E-state index in [-0.39, 0.29) is 24.7 Å². The van der Waals surface area contributed by atoms with Crippen molar-refractivity contribution in [2.75, 3.05) is 25.4 Å². The minimum atomic E-state index is -3.44. The predicted molar refractivity (Wildman–Crippen MR) is 82.3 cm³/mol. The Labute approximate surface area is 135 Å². The number of carbonyl (C=O) groups is 1. The number of aromatic nitrogens is 1. The highest BCUT2D eigenvalue weighted by atomic mass is 35.5. The molecule has 1 saturated heterocycles. The minimum Gasteiger partial charge on any atom is -0.303 e. The van der Waals surface area contributed by atoms with Gasteiger partial charge in [-0.05, 0) is 24.1 Å². The zero-order valence-corrected chi connectivity index (χ0v) is 13.4. The summed E-state index contributed by atoms with van der Waals surface area (Å²) < 4.78 is 25.9. The molecule has 0 aliphatic carbocycles. The summed E-state index contributed by atoms with van der Waals surface area (Å²) in [4.78, 5) is 15.2. The molecule has 22 heavy (non-hydrogen) atoms. The van der Waals surface area contributed by atoms with Crippen molar-refractivity contribution in [1.29, 1.82) is 0 Å². The van der Waals surface area contributed by atoms with E-state index >= 15 is 0 Å². The summed E-state index contributed by atoms with van der Waals surface area (Å²) in [6, 6.07) is 2.81. The molecule has 1 atom stereocenters. The molecular weight excluding hydrogens is 332 g/mol. The van der Waals surface area contributed by atoms with E-state index in [1.807, 2.05) is 0 Å². The molecule has 2 rings (SSSR count). The highest BCUT2D eigenvalue weighted by molar-refractivity contribution is 7.89. The topological polar surface area (TPSA) is 112 Å². The van der Waals surface area contributed by atoms with Gasteiger partial charge in [0.15, 0.2) is 0 Å². The van der Waals surface area contributed by atoms with Gasteiger partial charge in [0.2, 0.25) is 10.0 Å². The molecule has 1 amide bonds. The van der Waals surface area contributed by atoms with Gasteiger partial charge in [-0.3, -0.25) is 15.0 Å². The molecule has 1 aliphatic rings. The second-order valence-corrected chi connectivity index (χ2v) is 6.85. The Morgan fingerprint density at radius 3 is 2.77 bits per heavy atom. The van der Waals surface area contributed by atoms with Crippen LogP contribution in [0.15, 0.2) is 24.5 Å². The van der Waals surface area contributed by atoms with Gasteiger partial charge in [-0.1, -0.05) is 0 Å². The van der Waals surface area contributed by atoms with Crippen LogP contribution in [-0.2, 0) is 21.2 Å². The Morgan fingerprint density at radius 1 is 1.45 bits per heavy atom. The number of nitrogens with zero attached hydrogens (tertiary/aromatic N) is 2. The van der Waals surface area contributed by atoms with Crippen LogP contribution in [0.5, 0.6) is 0 Å². The SMILES string of the molecule is Cl.O=C(NO)C1CN(S(=O)(=O)CCc2ccncc2)CCN1. The van der Waals surface area contributed by atoms with Gasteiger partial charge in [-0.2, -0.15) is 4.31 Å². The maximum atomic E-state index is 12.3. The third kappa shape index (κ3) is 4.89. The number of carbonyl (C=O) groups excluding carboxylic acids is 1. The standard InChI is InChI=1S/C12H18N4O4S.ClH/c17-12(15-18)11-9-16(7-6-14-11)21(19,20)8-3-10-1-4-13-5-2-10;/h1-2,4-5,11,14,18H,3,6-9H2,(H,15,17);1H. The van der Waals surface area contributed by atoms with E-state index in [2.05, 4.69) is 10.3 Å². The number of aryl methyl sites for hydroxylation is 1. The van der Waals surface area contributed by atoms with Crippen LogP contribution in [0.1, 0.15) is 5.56 Å². The molecule has 1 aliphatic heterocycles. The number of amides is 1. The molecule has 10 heteroatoms. The van der Waals surface area contributed by atoms with Crippen LogP contribution in [-0.4, -0.2) is 60.3 Å². The number of halogens is 1. The van der Waals surface area contributed by atoms with Crippen LogP contribution in [0.4, 0.5) is 0 Å². The summed E-state index contributed by atoms with van der Waals surface area (Å²) in [7, 11) is -3.44.